The molecule has 1 aliphatic carbocycles. The monoisotopic (exact) mass is 310 g/mol. The minimum atomic E-state index is -0.644. The molecule has 116 valence electrons. The maximum absolute atomic E-state index is 11.4. The molecule has 0 bridgehead atoms. The summed E-state index contributed by atoms with van der Waals surface area (Å²) in [5, 5.41) is 21.9. The van der Waals surface area contributed by atoms with E-state index in [0.29, 0.717) is 16.8 Å². The van der Waals surface area contributed by atoms with Gasteiger partial charge in [-0.25, -0.2) is 0 Å². The summed E-state index contributed by atoms with van der Waals surface area (Å²) < 4.78 is 0. The second-order valence-electron chi connectivity index (χ2n) is 6.22. The maximum atomic E-state index is 11.4. The van der Waals surface area contributed by atoms with Crippen molar-refractivity contribution in [3.8, 4) is 0 Å². The van der Waals surface area contributed by atoms with Gasteiger partial charge in [-0.3, -0.25) is 10.1 Å². The summed E-state index contributed by atoms with van der Waals surface area (Å²) in [7, 11) is 0. The van der Waals surface area contributed by atoms with Gasteiger partial charge in [-0.1, -0.05) is 12.8 Å². The molecule has 2 fully saturated rings. The topological polar surface area (TPSA) is 66.6 Å². The van der Waals surface area contributed by atoms with Crippen LogP contribution in [-0.2, 0) is 0 Å². The highest BCUT2D eigenvalue weighted by Gasteiger charge is 2.37. The zero-order chi connectivity index (χ0) is 15.0. The maximum Gasteiger partial charge on any atom is 0.304 e. The molecule has 1 aromatic heterocycles. The molecular weight excluding hydrogens is 288 g/mol. The van der Waals surface area contributed by atoms with Crippen molar-refractivity contribution >= 4 is 22.0 Å². The van der Waals surface area contributed by atoms with Crippen molar-refractivity contribution < 1.29 is 10.0 Å². The fraction of sp³-hybridized carbons (Fsp3) is 0.733. The molecule has 0 aromatic carbocycles. The van der Waals surface area contributed by atoms with E-state index in [2.05, 4.69) is 4.90 Å². The normalized spacial score (nSPS) is 27.2. The number of anilines is 1. The molecule has 1 saturated carbocycles. The molecule has 6 heteroatoms. The van der Waals surface area contributed by atoms with Crippen LogP contribution in [0.15, 0.2) is 6.07 Å². The standard InChI is InChI=1S/C15H22N2O3S/c1-10(18)14-9-13(17(19)20)15(21-14)16-8-4-6-11-5-2-3-7-12(11)16/h9-12,18H,2-8H2,1H3/t10-,11-,12-/m1/s1. The molecule has 21 heavy (non-hydrogen) atoms. The molecule has 3 atom stereocenters. The van der Waals surface area contributed by atoms with E-state index in [4.69, 9.17) is 0 Å². The number of thiophene rings is 1. The van der Waals surface area contributed by atoms with Gasteiger partial charge in [-0.05, 0) is 38.5 Å². The summed E-state index contributed by atoms with van der Waals surface area (Å²) >= 11 is 1.39. The number of aliphatic hydroxyl groups excluding tert-OH is 1. The van der Waals surface area contributed by atoms with Crippen molar-refractivity contribution in [3.63, 3.8) is 0 Å². The Hall–Kier alpha value is -1.14. The van der Waals surface area contributed by atoms with Crippen LogP contribution >= 0.6 is 11.3 Å². The third-order valence-electron chi connectivity index (χ3n) is 4.83. The summed E-state index contributed by atoms with van der Waals surface area (Å²) in [6, 6.07) is 2.00. The first-order valence-electron chi connectivity index (χ1n) is 7.80. The highest BCUT2D eigenvalue weighted by Crippen LogP contribution is 2.45. The fourth-order valence-electron chi connectivity index (χ4n) is 3.81. The minimum Gasteiger partial charge on any atom is -0.388 e. The number of aliphatic hydroxyl groups is 1. The van der Waals surface area contributed by atoms with Crippen molar-refractivity contribution in [1.29, 1.82) is 0 Å². The van der Waals surface area contributed by atoms with E-state index in [9.17, 15) is 15.2 Å². The molecule has 3 rings (SSSR count). The summed E-state index contributed by atoms with van der Waals surface area (Å²) in [6.07, 6.45) is 6.63. The first-order chi connectivity index (χ1) is 10.1. The number of hydrogen-bond acceptors (Lipinski definition) is 5. The fourth-order valence-corrected chi connectivity index (χ4v) is 4.96. The Kier molecular flexibility index (Phi) is 4.17. The molecule has 1 aliphatic heterocycles. The van der Waals surface area contributed by atoms with Gasteiger partial charge in [-0.2, -0.15) is 0 Å². The van der Waals surface area contributed by atoms with Gasteiger partial charge in [0.15, 0.2) is 5.00 Å². The second-order valence-corrected chi connectivity index (χ2v) is 7.28. The molecule has 5 nitrogen and oxygen atoms in total. The predicted octanol–water partition coefficient (Wildman–Crippen LogP) is 3.87. The highest BCUT2D eigenvalue weighted by molar-refractivity contribution is 7.16. The first kappa shape index (κ1) is 14.8. The lowest BCUT2D eigenvalue weighted by molar-refractivity contribution is -0.383. The van der Waals surface area contributed by atoms with E-state index in [-0.39, 0.29) is 10.6 Å². The van der Waals surface area contributed by atoms with Crippen LogP contribution in [0.25, 0.3) is 0 Å². The predicted molar refractivity (Wildman–Crippen MR) is 83.9 cm³/mol. The van der Waals surface area contributed by atoms with Crippen LogP contribution in [0.3, 0.4) is 0 Å². The van der Waals surface area contributed by atoms with E-state index >= 15 is 0 Å². The highest BCUT2D eigenvalue weighted by atomic mass is 32.1. The zero-order valence-electron chi connectivity index (χ0n) is 12.3. The van der Waals surface area contributed by atoms with E-state index in [1.165, 1.54) is 37.0 Å². The van der Waals surface area contributed by atoms with Crippen LogP contribution in [0.2, 0.25) is 0 Å². The second kappa shape index (κ2) is 5.93. The smallest absolute Gasteiger partial charge is 0.304 e. The number of fused-ring (bicyclic) bond motifs is 1. The molecule has 2 aliphatic rings. The van der Waals surface area contributed by atoms with Gasteiger partial charge in [0.2, 0.25) is 0 Å². The summed E-state index contributed by atoms with van der Waals surface area (Å²) in [5.41, 5.74) is 0.169. The van der Waals surface area contributed by atoms with E-state index < -0.39 is 6.10 Å². The Morgan fingerprint density at radius 1 is 1.38 bits per heavy atom. The molecule has 1 saturated heterocycles. The van der Waals surface area contributed by atoms with Crippen molar-refractivity contribution in [2.75, 3.05) is 11.4 Å². The molecular formula is C15H22N2O3S. The van der Waals surface area contributed by atoms with Gasteiger partial charge < -0.3 is 10.0 Å². The van der Waals surface area contributed by atoms with Gasteiger partial charge >= 0.3 is 5.69 Å². The van der Waals surface area contributed by atoms with E-state index in [1.54, 1.807) is 13.0 Å². The lowest BCUT2D eigenvalue weighted by atomic mass is 9.78. The number of nitrogens with zero attached hydrogens (tertiary/aromatic N) is 2. The van der Waals surface area contributed by atoms with Crippen molar-refractivity contribution in [2.45, 2.75) is 57.6 Å². The van der Waals surface area contributed by atoms with Crippen LogP contribution in [-0.4, -0.2) is 22.6 Å². The third-order valence-corrected chi connectivity index (χ3v) is 6.16. The quantitative estimate of drug-likeness (QED) is 0.680. The summed E-state index contributed by atoms with van der Waals surface area (Å²) in [6.45, 7) is 2.57. The Bertz CT molecular complexity index is 527. The van der Waals surface area contributed by atoms with Crippen LogP contribution in [0.1, 0.15) is 56.4 Å². The summed E-state index contributed by atoms with van der Waals surface area (Å²) in [5.74, 6) is 0.684. The Labute approximate surface area is 128 Å². The first-order valence-corrected chi connectivity index (χ1v) is 8.62. The average molecular weight is 310 g/mol. The Morgan fingerprint density at radius 3 is 2.81 bits per heavy atom. The van der Waals surface area contributed by atoms with Crippen molar-refractivity contribution in [1.82, 2.24) is 0 Å². The minimum absolute atomic E-state index is 0.169. The number of rotatable bonds is 3. The summed E-state index contributed by atoms with van der Waals surface area (Å²) in [4.78, 5) is 14.0. The SMILES string of the molecule is C[C@@H](O)c1cc([N+](=O)[O-])c(N2CCC[C@H]3CCCC[C@H]32)s1. The van der Waals surface area contributed by atoms with Gasteiger partial charge in [0, 0.05) is 23.5 Å². The van der Waals surface area contributed by atoms with Crippen LogP contribution in [0, 0.1) is 16.0 Å². The number of hydrogen-bond donors (Lipinski definition) is 1. The van der Waals surface area contributed by atoms with E-state index in [1.807, 2.05) is 0 Å². The van der Waals surface area contributed by atoms with Gasteiger partial charge in [0.05, 0.1) is 11.0 Å². The Morgan fingerprint density at radius 2 is 2.10 bits per heavy atom. The van der Waals surface area contributed by atoms with Gasteiger partial charge in [0.1, 0.15) is 0 Å². The number of piperidine rings is 1. The molecule has 0 radical (unpaired) electrons. The molecule has 0 amide bonds. The van der Waals surface area contributed by atoms with Gasteiger partial charge in [-0.15, -0.1) is 11.3 Å². The Balaban J connectivity index is 1.95. The van der Waals surface area contributed by atoms with Crippen LogP contribution < -0.4 is 4.90 Å². The lowest BCUT2D eigenvalue weighted by Crippen LogP contribution is -2.46. The average Bonchev–Trinajstić information content (AvgIpc) is 2.92. The number of nitro groups is 1. The molecule has 0 unspecified atom stereocenters. The lowest BCUT2D eigenvalue weighted by Gasteiger charge is -2.44. The molecule has 1 aromatic rings. The largest absolute Gasteiger partial charge is 0.388 e. The van der Waals surface area contributed by atoms with E-state index in [0.717, 1.165) is 24.4 Å². The molecule has 2 heterocycles. The third kappa shape index (κ3) is 2.79. The van der Waals surface area contributed by atoms with Crippen LogP contribution in [0.5, 0.6) is 0 Å². The zero-order valence-corrected chi connectivity index (χ0v) is 13.1. The molecule has 1 N–H and O–H groups in total. The van der Waals surface area contributed by atoms with Gasteiger partial charge in [0.25, 0.3) is 0 Å². The van der Waals surface area contributed by atoms with Crippen LogP contribution in [0.4, 0.5) is 10.7 Å². The van der Waals surface area contributed by atoms with Crippen molar-refractivity contribution in [3.05, 3.63) is 21.1 Å². The van der Waals surface area contributed by atoms with Crippen molar-refractivity contribution in [2.24, 2.45) is 5.92 Å². The molecule has 0 spiro atoms.